The Kier molecular flexibility index (Phi) is 17.5. The first-order valence-corrected chi connectivity index (χ1v) is 17.4. The Balaban J connectivity index is 0.00000506. The van der Waals surface area contributed by atoms with Gasteiger partial charge >= 0.3 is 118 Å². The van der Waals surface area contributed by atoms with Gasteiger partial charge in [-0.3, -0.25) is 18.2 Å². The average molecular weight is 757 g/mol. The van der Waals surface area contributed by atoms with E-state index in [2.05, 4.69) is 10.6 Å². The molecule has 0 aliphatic heterocycles. The predicted octanol–water partition coefficient (Wildman–Crippen LogP) is 0.0219. The molecule has 0 spiro atoms. The molecule has 3 aromatic carbocycles. The van der Waals surface area contributed by atoms with Crippen molar-refractivity contribution in [2.24, 2.45) is 0 Å². The summed E-state index contributed by atoms with van der Waals surface area (Å²) < 4.78 is 138. The van der Waals surface area contributed by atoms with E-state index >= 15 is 0 Å². The van der Waals surface area contributed by atoms with Gasteiger partial charge in [0.05, 0.1) is 11.4 Å². The van der Waals surface area contributed by atoms with Crippen molar-refractivity contribution in [3.8, 4) is 0 Å². The number of nitrogens with one attached hydrogen (secondary N) is 2. The summed E-state index contributed by atoms with van der Waals surface area (Å²) in [6.07, 6.45) is 0.834. The van der Waals surface area contributed by atoms with E-state index in [1.807, 2.05) is 0 Å². The summed E-state index contributed by atoms with van der Waals surface area (Å²) in [4.78, 5) is -1.48. The van der Waals surface area contributed by atoms with Crippen LogP contribution in [0.3, 0.4) is 0 Å². The molecule has 46 heavy (non-hydrogen) atoms. The maximum absolute atomic E-state index is 13.0. The maximum atomic E-state index is 13.0. The number of para-hydroxylation sites is 2. The van der Waals surface area contributed by atoms with Crippen LogP contribution < -0.4 is 10.6 Å². The van der Waals surface area contributed by atoms with Gasteiger partial charge < -0.3 is 10.6 Å². The molecule has 3 aromatic rings. The summed E-state index contributed by atoms with van der Waals surface area (Å²) in [6.45, 7) is 0. The molecule has 22 heteroatoms. The van der Waals surface area contributed by atoms with E-state index in [1.54, 1.807) is 6.07 Å². The third-order valence-electron chi connectivity index (χ3n) is 6.65. The van der Waals surface area contributed by atoms with Crippen molar-refractivity contribution in [1.82, 2.24) is 0 Å². The van der Waals surface area contributed by atoms with E-state index in [0.717, 1.165) is 36.4 Å². The zero-order valence-corrected chi connectivity index (χ0v) is 24.4. The minimum atomic E-state index is -5.78. The van der Waals surface area contributed by atoms with Crippen LogP contribution in [0.4, 0.5) is 11.4 Å². The van der Waals surface area contributed by atoms with E-state index in [1.165, 1.54) is 48.5 Å². The minimum absolute atomic E-state index is 0. The van der Waals surface area contributed by atoms with Crippen LogP contribution in [-0.4, -0.2) is 180 Å². The van der Waals surface area contributed by atoms with E-state index < -0.39 is 83.7 Å². The van der Waals surface area contributed by atoms with Gasteiger partial charge in [-0.05, 0) is 35.9 Å². The molecule has 0 heterocycles. The Morgan fingerprint density at radius 3 is 1.30 bits per heavy atom. The monoisotopic (exact) mass is 756 g/mol. The van der Waals surface area contributed by atoms with Gasteiger partial charge in [-0.25, -0.2) is 0 Å². The van der Waals surface area contributed by atoms with Crippen LogP contribution >= 0.6 is 0 Å². The SMILES string of the molecule is O=S(=O)(O)c1ccccc1NC1(Nc2ccccc2S(=O)(=O)O)C=CC(c2ccccc2)C(S(=O)(=O)O)(S(=O)(=O)O)C1.[NaH].[NaH].[NaH].[NaH]. The fraction of sp³-hybridized carbons (Fsp3) is 0.167. The first kappa shape index (κ1) is 46.6. The molecule has 234 valence electrons. The van der Waals surface area contributed by atoms with Gasteiger partial charge in [-0.2, -0.15) is 33.7 Å². The van der Waals surface area contributed by atoms with Gasteiger partial charge in [0.2, 0.25) is 4.08 Å². The molecule has 6 N–H and O–H groups in total. The number of allylic oxidation sites excluding steroid dienone is 1. The summed E-state index contributed by atoms with van der Waals surface area (Å²) in [5, 5.41) is 5.21. The average Bonchev–Trinajstić information content (AvgIpc) is 2.87. The van der Waals surface area contributed by atoms with E-state index in [4.69, 9.17) is 0 Å². The van der Waals surface area contributed by atoms with Crippen LogP contribution in [0.1, 0.15) is 17.9 Å². The van der Waals surface area contributed by atoms with Crippen molar-refractivity contribution >= 4 is 170 Å². The molecular formula is C24H28N2Na4O12S4. The number of hydrogen-bond donors (Lipinski definition) is 6. The molecule has 0 amide bonds. The van der Waals surface area contributed by atoms with Crippen molar-refractivity contribution in [3.05, 3.63) is 96.6 Å². The van der Waals surface area contributed by atoms with E-state index in [9.17, 15) is 51.9 Å². The van der Waals surface area contributed by atoms with Gasteiger partial charge in [0.15, 0.2) is 0 Å². The van der Waals surface area contributed by atoms with E-state index in [0.29, 0.717) is 0 Å². The summed E-state index contributed by atoms with van der Waals surface area (Å²) in [6, 6.07) is 16.4. The van der Waals surface area contributed by atoms with Crippen LogP contribution in [0.25, 0.3) is 0 Å². The number of benzene rings is 3. The molecule has 1 atom stereocenters. The van der Waals surface area contributed by atoms with Crippen LogP contribution in [0.15, 0.2) is 101 Å². The third-order valence-corrected chi connectivity index (χ3v) is 12.3. The number of rotatable bonds is 9. The van der Waals surface area contributed by atoms with E-state index in [-0.39, 0.29) is 124 Å². The first-order chi connectivity index (χ1) is 19.3. The van der Waals surface area contributed by atoms with Gasteiger partial charge in [0, 0.05) is 12.3 Å². The fourth-order valence-corrected chi connectivity index (χ4v) is 9.15. The van der Waals surface area contributed by atoms with Gasteiger partial charge in [-0.1, -0.05) is 60.7 Å². The predicted molar refractivity (Wildman–Crippen MR) is 180 cm³/mol. The Morgan fingerprint density at radius 2 is 0.935 bits per heavy atom. The van der Waals surface area contributed by atoms with Crippen molar-refractivity contribution in [2.75, 3.05) is 10.6 Å². The molecule has 14 nitrogen and oxygen atoms in total. The number of anilines is 2. The fourth-order valence-electron chi connectivity index (χ4n) is 4.90. The Bertz CT molecular complexity index is 1890. The standard InChI is InChI=1S/C24H24N2O12S4.4Na.4H/c27-39(28,29)21-12-6-4-10-19(21)25-23(26-20-11-5-7-13-22(20)40(30,31)32)15-14-18(17-8-2-1-3-9-17)24(16-23,41(33,34)35)42(36,37)38;;;;;;;;/h1-15,18,25-26H,16H2,(H,27,28,29)(H,30,31,32)(H,33,34,35)(H,36,37,38);;;;;;;;. The van der Waals surface area contributed by atoms with Crippen molar-refractivity contribution in [3.63, 3.8) is 0 Å². The van der Waals surface area contributed by atoms with Crippen molar-refractivity contribution in [1.29, 1.82) is 0 Å². The topological polar surface area (TPSA) is 242 Å². The van der Waals surface area contributed by atoms with Crippen LogP contribution in [0.2, 0.25) is 0 Å². The Labute approximate surface area is 355 Å². The summed E-state index contributed by atoms with van der Waals surface area (Å²) >= 11 is 0. The second kappa shape index (κ2) is 17.2. The molecule has 0 radical (unpaired) electrons. The Hall–Kier alpha value is 0.640. The zero-order chi connectivity index (χ0) is 31.2. The first-order valence-electron chi connectivity index (χ1n) is 11.7. The zero-order valence-electron chi connectivity index (χ0n) is 21.1. The molecule has 1 aliphatic rings. The molecule has 0 bridgehead atoms. The molecule has 0 fully saturated rings. The van der Waals surface area contributed by atoms with Crippen LogP contribution in [-0.2, 0) is 40.5 Å². The van der Waals surface area contributed by atoms with Crippen molar-refractivity contribution < 1.29 is 51.9 Å². The molecule has 4 rings (SSSR count). The summed E-state index contributed by atoms with van der Waals surface area (Å²) in [5.74, 6) is -1.74. The van der Waals surface area contributed by atoms with Gasteiger partial charge in [-0.15, -0.1) is 0 Å². The Morgan fingerprint density at radius 1 is 0.565 bits per heavy atom. The van der Waals surface area contributed by atoms with Gasteiger partial charge in [0.1, 0.15) is 15.5 Å². The summed E-state index contributed by atoms with van der Waals surface area (Å²) in [7, 11) is -21.4. The van der Waals surface area contributed by atoms with Crippen molar-refractivity contribution in [2.45, 2.75) is 31.9 Å². The normalized spacial score (nSPS) is 17.1. The molecule has 0 saturated carbocycles. The molecule has 1 unspecified atom stereocenters. The molecular weight excluding hydrogens is 728 g/mol. The molecule has 0 aromatic heterocycles. The number of hydrogen-bond acceptors (Lipinski definition) is 10. The second-order valence-electron chi connectivity index (χ2n) is 9.35. The van der Waals surface area contributed by atoms with Gasteiger partial charge in [0.25, 0.3) is 40.5 Å². The quantitative estimate of drug-likeness (QED) is 0.0731. The second-order valence-corrected chi connectivity index (χ2v) is 15.7. The van der Waals surface area contributed by atoms with Crippen LogP contribution in [0, 0.1) is 0 Å². The molecule has 1 aliphatic carbocycles. The third kappa shape index (κ3) is 9.91. The summed E-state index contributed by atoms with van der Waals surface area (Å²) in [5.41, 5.74) is -3.15. The molecule has 0 saturated heterocycles. The van der Waals surface area contributed by atoms with Crippen LogP contribution in [0.5, 0.6) is 0 Å².